The van der Waals surface area contributed by atoms with Crippen molar-refractivity contribution in [2.45, 2.75) is 53.1 Å². The summed E-state index contributed by atoms with van der Waals surface area (Å²) in [5, 5.41) is 10.4. The molecule has 114 valence electrons. The van der Waals surface area contributed by atoms with Crippen molar-refractivity contribution < 1.29 is 5.11 Å². The average Bonchev–Trinajstić information content (AvgIpc) is 2.46. The summed E-state index contributed by atoms with van der Waals surface area (Å²) in [4.78, 5) is 2.34. The highest BCUT2D eigenvalue weighted by Gasteiger charge is 2.14. The highest BCUT2D eigenvalue weighted by molar-refractivity contribution is 5.26. The van der Waals surface area contributed by atoms with Crippen LogP contribution in [0.3, 0.4) is 0 Å². The van der Waals surface area contributed by atoms with Gasteiger partial charge in [-0.3, -0.25) is 0 Å². The average molecular weight is 277 g/mol. The molecule has 0 fully saturated rings. The van der Waals surface area contributed by atoms with Crippen LogP contribution >= 0.6 is 0 Å². The number of aliphatic hydroxyl groups excluding tert-OH is 1. The van der Waals surface area contributed by atoms with Crippen LogP contribution in [-0.2, 0) is 0 Å². The second kappa shape index (κ2) is 8.43. The van der Waals surface area contributed by atoms with Gasteiger partial charge in [-0.15, -0.1) is 0 Å². The first-order valence-corrected chi connectivity index (χ1v) is 7.98. The zero-order valence-corrected chi connectivity index (χ0v) is 13.8. The molecule has 0 radical (unpaired) electrons. The molecule has 20 heavy (non-hydrogen) atoms. The van der Waals surface area contributed by atoms with Crippen LogP contribution in [0, 0.1) is 5.92 Å². The molecule has 0 heterocycles. The second-order valence-electron chi connectivity index (χ2n) is 6.20. The molecule has 2 heteroatoms. The van der Waals surface area contributed by atoms with E-state index in [9.17, 15) is 5.11 Å². The van der Waals surface area contributed by atoms with Crippen LogP contribution in [0.25, 0.3) is 0 Å². The SMILES string of the molecule is CCC(C)CN(CC)CC(O)c1ccc(C(C)C)cc1. The van der Waals surface area contributed by atoms with E-state index in [0.29, 0.717) is 11.8 Å². The number of benzene rings is 1. The van der Waals surface area contributed by atoms with E-state index in [0.717, 1.165) is 25.2 Å². The molecular weight excluding hydrogens is 246 g/mol. The molecule has 0 saturated heterocycles. The van der Waals surface area contributed by atoms with Gasteiger partial charge in [0.1, 0.15) is 0 Å². The Morgan fingerprint density at radius 3 is 1.95 bits per heavy atom. The van der Waals surface area contributed by atoms with Crippen molar-refractivity contribution in [1.29, 1.82) is 0 Å². The van der Waals surface area contributed by atoms with Crippen molar-refractivity contribution >= 4 is 0 Å². The van der Waals surface area contributed by atoms with Crippen molar-refractivity contribution in [2.24, 2.45) is 5.92 Å². The lowest BCUT2D eigenvalue weighted by Gasteiger charge is -2.26. The maximum absolute atomic E-state index is 10.4. The molecular formula is C18H31NO. The van der Waals surface area contributed by atoms with Gasteiger partial charge in [0, 0.05) is 13.1 Å². The van der Waals surface area contributed by atoms with Crippen LogP contribution in [0.5, 0.6) is 0 Å². The fraction of sp³-hybridized carbons (Fsp3) is 0.667. The Labute approximate surface area is 124 Å². The zero-order valence-electron chi connectivity index (χ0n) is 13.8. The number of hydrogen-bond donors (Lipinski definition) is 1. The number of likely N-dealkylation sites (N-methyl/N-ethyl adjacent to an activating group) is 1. The fourth-order valence-corrected chi connectivity index (χ4v) is 2.36. The molecule has 2 unspecified atom stereocenters. The number of aliphatic hydroxyl groups is 1. The largest absolute Gasteiger partial charge is 0.387 e. The minimum absolute atomic E-state index is 0.389. The van der Waals surface area contributed by atoms with Crippen LogP contribution in [0.2, 0.25) is 0 Å². The molecule has 2 nitrogen and oxygen atoms in total. The van der Waals surface area contributed by atoms with Gasteiger partial charge in [-0.05, 0) is 29.5 Å². The van der Waals surface area contributed by atoms with Crippen LogP contribution in [0.15, 0.2) is 24.3 Å². The standard InChI is InChI=1S/C18H31NO/c1-6-15(5)12-19(7-2)13-18(20)17-10-8-16(9-11-17)14(3)4/h8-11,14-15,18,20H,6-7,12-13H2,1-5H3. The van der Waals surface area contributed by atoms with E-state index >= 15 is 0 Å². The minimum Gasteiger partial charge on any atom is -0.387 e. The molecule has 0 aromatic heterocycles. The second-order valence-corrected chi connectivity index (χ2v) is 6.20. The molecule has 0 bridgehead atoms. The van der Waals surface area contributed by atoms with E-state index in [1.54, 1.807) is 0 Å². The third-order valence-corrected chi connectivity index (χ3v) is 4.13. The molecule has 1 aromatic rings. The minimum atomic E-state index is -0.389. The topological polar surface area (TPSA) is 23.5 Å². The number of rotatable bonds is 8. The van der Waals surface area contributed by atoms with Gasteiger partial charge in [0.05, 0.1) is 6.10 Å². The summed E-state index contributed by atoms with van der Waals surface area (Å²) < 4.78 is 0. The molecule has 1 N–H and O–H groups in total. The van der Waals surface area contributed by atoms with E-state index in [-0.39, 0.29) is 6.10 Å². The molecule has 0 aliphatic heterocycles. The van der Waals surface area contributed by atoms with Gasteiger partial charge in [0.15, 0.2) is 0 Å². The summed E-state index contributed by atoms with van der Waals surface area (Å²) in [6.07, 6.45) is 0.801. The summed E-state index contributed by atoms with van der Waals surface area (Å²) in [6, 6.07) is 8.40. The van der Waals surface area contributed by atoms with E-state index in [2.05, 4.69) is 63.8 Å². The molecule has 0 amide bonds. The van der Waals surface area contributed by atoms with Gasteiger partial charge < -0.3 is 10.0 Å². The number of hydrogen-bond acceptors (Lipinski definition) is 2. The van der Waals surface area contributed by atoms with Gasteiger partial charge in [-0.25, -0.2) is 0 Å². The monoisotopic (exact) mass is 277 g/mol. The molecule has 1 aromatic carbocycles. The van der Waals surface area contributed by atoms with Crippen molar-refractivity contribution in [3.05, 3.63) is 35.4 Å². The Morgan fingerprint density at radius 1 is 0.950 bits per heavy atom. The summed E-state index contributed by atoms with van der Waals surface area (Å²) in [6.45, 7) is 13.8. The maximum atomic E-state index is 10.4. The van der Waals surface area contributed by atoms with Crippen LogP contribution in [-0.4, -0.2) is 29.6 Å². The lowest BCUT2D eigenvalue weighted by atomic mass is 9.99. The summed E-state index contributed by atoms with van der Waals surface area (Å²) in [7, 11) is 0. The first kappa shape index (κ1) is 17.2. The van der Waals surface area contributed by atoms with Crippen molar-refractivity contribution in [1.82, 2.24) is 4.90 Å². The Balaban J connectivity index is 2.62. The van der Waals surface area contributed by atoms with Gasteiger partial charge in [-0.2, -0.15) is 0 Å². The quantitative estimate of drug-likeness (QED) is 0.769. The Hall–Kier alpha value is -0.860. The lowest BCUT2D eigenvalue weighted by Crippen LogP contribution is -2.32. The predicted molar refractivity (Wildman–Crippen MR) is 87.1 cm³/mol. The third-order valence-electron chi connectivity index (χ3n) is 4.13. The molecule has 0 spiro atoms. The van der Waals surface area contributed by atoms with Gasteiger partial charge in [0.25, 0.3) is 0 Å². The van der Waals surface area contributed by atoms with Crippen LogP contribution < -0.4 is 0 Å². The molecule has 2 atom stereocenters. The van der Waals surface area contributed by atoms with E-state index in [1.807, 2.05) is 0 Å². The van der Waals surface area contributed by atoms with E-state index in [4.69, 9.17) is 0 Å². The molecule has 0 saturated carbocycles. The lowest BCUT2D eigenvalue weighted by molar-refractivity contribution is 0.107. The summed E-state index contributed by atoms with van der Waals surface area (Å²) in [5.41, 5.74) is 2.35. The van der Waals surface area contributed by atoms with Crippen LogP contribution in [0.1, 0.15) is 64.2 Å². The third kappa shape index (κ3) is 5.26. The van der Waals surface area contributed by atoms with E-state index in [1.165, 1.54) is 12.0 Å². The number of nitrogens with zero attached hydrogens (tertiary/aromatic N) is 1. The highest BCUT2D eigenvalue weighted by atomic mass is 16.3. The predicted octanol–water partition coefficient (Wildman–Crippen LogP) is 4.21. The van der Waals surface area contributed by atoms with Crippen molar-refractivity contribution in [3.8, 4) is 0 Å². The maximum Gasteiger partial charge on any atom is 0.0916 e. The Bertz CT molecular complexity index is 372. The van der Waals surface area contributed by atoms with Gasteiger partial charge in [-0.1, -0.05) is 65.3 Å². The van der Waals surface area contributed by atoms with Gasteiger partial charge >= 0.3 is 0 Å². The van der Waals surface area contributed by atoms with Crippen LogP contribution in [0.4, 0.5) is 0 Å². The Kier molecular flexibility index (Phi) is 7.25. The zero-order chi connectivity index (χ0) is 15.1. The molecule has 0 aliphatic rings. The van der Waals surface area contributed by atoms with Crippen molar-refractivity contribution in [2.75, 3.05) is 19.6 Å². The summed E-state index contributed by atoms with van der Waals surface area (Å²) >= 11 is 0. The first-order valence-electron chi connectivity index (χ1n) is 7.98. The summed E-state index contributed by atoms with van der Waals surface area (Å²) in [5.74, 6) is 1.23. The molecule has 0 aliphatic carbocycles. The van der Waals surface area contributed by atoms with Gasteiger partial charge in [0.2, 0.25) is 0 Å². The normalized spacial score (nSPS) is 14.8. The highest BCUT2D eigenvalue weighted by Crippen LogP contribution is 2.20. The molecule has 1 rings (SSSR count). The van der Waals surface area contributed by atoms with Crippen molar-refractivity contribution in [3.63, 3.8) is 0 Å². The smallest absolute Gasteiger partial charge is 0.0916 e. The Morgan fingerprint density at radius 2 is 1.50 bits per heavy atom. The first-order chi connectivity index (χ1) is 9.47. The fourth-order valence-electron chi connectivity index (χ4n) is 2.36. The van der Waals surface area contributed by atoms with E-state index < -0.39 is 0 Å².